The van der Waals surface area contributed by atoms with Crippen molar-refractivity contribution in [3.05, 3.63) is 53.0 Å². The van der Waals surface area contributed by atoms with E-state index in [1.165, 1.54) is 0 Å². The molecule has 8 heteroatoms. The van der Waals surface area contributed by atoms with E-state index in [1.807, 2.05) is 48.2 Å². The van der Waals surface area contributed by atoms with E-state index in [-0.39, 0.29) is 24.9 Å². The van der Waals surface area contributed by atoms with Crippen LogP contribution in [-0.4, -0.2) is 68.6 Å². The van der Waals surface area contributed by atoms with Crippen molar-refractivity contribution >= 4 is 33.4 Å². The maximum absolute atomic E-state index is 12.6. The number of ether oxygens (including phenoxy) is 2. The molecule has 0 radical (unpaired) electrons. The summed E-state index contributed by atoms with van der Waals surface area (Å²) in [7, 11) is 3.30. The highest BCUT2D eigenvalue weighted by Crippen LogP contribution is 2.22. The first-order valence-corrected chi connectivity index (χ1v) is 11.0. The predicted molar refractivity (Wildman–Crippen MR) is 126 cm³/mol. The van der Waals surface area contributed by atoms with Crippen LogP contribution in [0.15, 0.2) is 53.0 Å². The number of carbonyl (C=O) groups excluding carboxylic acids is 2. The Labute approximate surface area is 192 Å². The van der Waals surface area contributed by atoms with Crippen LogP contribution < -0.4 is 14.8 Å². The number of amides is 2. The summed E-state index contributed by atoms with van der Waals surface area (Å²) in [6, 6.07) is 14.8. The van der Waals surface area contributed by atoms with E-state index in [0.29, 0.717) is 31.1 Å². The molecule has 2 rings (SSSR count). The lowest BCUT2D eigenvalue weighted by atomic mass is 10.3. The second kappa shape index (κ2) is 13.0. The molecule has 1 N–H and O–H groups in total. The minimum atomic E-state index is -0.188. The number of nitrogens with one attached hydrogen (secondary N) is 1. The molecule has 0 bridgehead atoms. The van der Waals surface area contributed by atoms with Crippen molar-refractivity contribution in [3.8, 4) is 11.5 Å². The molecule has 0 atom stereocenters. The first kappa shape index (κ1) is 24.7. The number of rotatable bonds is 12. The number of hydrogen-bond acceptors (Lipinski definition) is 5. The molecule has 0 aliphatic rings. The fraction of sp³-hybridized carbons (Fsp3) is 0.391. The SMILES string of the molecule is CCCN(CC(=O)Nc1ccccc1OC)CC(=O)N(C)CCOc1ccc(Br)cc1. The van der Waals surface area contributed by atoms with Crippen molar-refractivity contribution in [1.29, 1.82) is 0 Å². The summed E-state index contributed by atoms with van der Waals surface area (Å²) in [5, 5.41) is 2.86. The summed E-state index contributed by atoms with van der Waals surface area (Å²) in [6.45, 7) is 3.82. The number of benzene rings is 2. The Hall–Kier alpha value is -2.58. The minimum Gasteiger partial charge on any atom is -0.495 e. The highest BCUT2D eigenvalue weighted by molar-refractivity contribution is 9.10. The third kappa shape index (κ3) is 8.59. The van der Waals surface area contributed by atoms with Gasteiger partial charge in [0.15, 0.2) is 0 Å². The van der Waals surface area contributed by atoms with Crippen LogP contribution >= 0.6 is 15.9 Å². The number of para-hydroxylation sites is 2. The molecular weight excluding hydrogens is 462 g/mol. The van der Waals surface area contributed by atoms with E-state index < -0.39 is 0 Å². The molecule has 0 heterocycles. The number of halogens is 1. The van der Waals surface area contributed by atoms with E-state index in [9.17, 15) is 9.59 Å². The number of likely N-dealkylation sites (N-methyl/N-ethyl adjacent to an activating group) is 1. The lowest BCUT2D eigenvalue weighted by Crippen LogP contribution is -2.43. The van der Waals surface area contributed by atoms with Gasteiger partial charge >= 0.3 is 0 Å². The van der Waals surface area contributed by atoms with Gasteiger partial charge < -0.3 is 19.7 Å². The van der Waals surface area contributed by atoms with Crippen molar-refractivity contribution in [2.75, 3.05) is 52.3 Å². The molecular formula is C23H30BrN3O4. The molecule has 31 heavy (non-hydrogen) atoms. The molecule has 2 aromatic carbocycles. The molecule has 168 valence electrons. The van der Waals surface area contributed by atoms with Crippen LogP contribution in [0.25, 0.3) is 0 Å². The van der Waals surface area contributed by atoms with Gasteiger partial charge in [0.2, 0.25) is 11.8 Å². The van der Waals surface area contributed by atoms with Crippen molar-refractivity contribution in [1.82, 2.24) is 9.80 Å². The Balaban J connectivity index is 1.82. The first-order valence-electron chi connectivity index (χ1n) is 10.2. The van der Waals surface area contributed by atoms with Crippen LogP contribution in [0.5, 0.6) is 11.5 Å². The summed E-state index contributed by atoms with van der Waals surface area (Å²) in [6.07, 6.45) is 0.839. The molecule has 0 saturated heterocycles. The Morgan fingerprint density at radius 3 is 2.42 bits per heavy atom. The van der Waals surface area contributed by atoms with E-state index in [1.54, 1.807) is 31.2 Å². The van der Waals surface area contributed by atoms with Gasteiger partial charge in [-0.25, -0.2) is 0 Å². The lowest BCUT2D eigenvalue weighted by molar-refractivity contribution is -0.131. The largest absolute Gasteiger partial charge is 0.495 e. The van der Waals surface area contributed by atoms with Crippen LogP contribution in [0.4, 0.5) is 5.69 Å². The van der Waals surface area contributed by atoms with Gasteiger partial charge in [0, 0.05) is 11.5 Å². The molecule has 0 aromatic heterocycles. The van der Waals surface area contributed by atoms with Crippen molar-refractivity contribution in [2.24, 2.45) is 0 Å². The molecule has 0 aliphatic carbocycles. The number of methoxy groups -OCH3 is 1. The van der Waals surface area contributed by atoms with Crippen molar-refractivity contribution < 1.29 is 19.1 Å². The molecule has 0 spiro atoms. The number of hydrogen-bond donors (Lipinski definition) is 1. The molecule has 2 amide bonds. The summed E-state index contributed by atoms with van der Waals surface area (Å²) in [5.41, 5.74) is 0.611. The van der Waals surface area contributed by atoms with Crippen LogP contribution in [0, 0.1) is 0 Å². The maximum Gasteiger partial charge on any atom is 0.238 e. The Morgan fingerprint density at radius 2 is 1.74 bits per heavy atom. The third-order valence-electron chi connectivity index (χ3n) is 4.58. The van der Waals surface area contributed by atoms with E-state index >= 15 is 0 Å². The molecule has 0 saturated carbocycles. The molecule has 0 aliphatic heterocycles. The van der Waals surface area contributed by atoms with Crippen molar-refractivity contribution in [3.63, 3.8) is 0 Å². The summed E-state index contributed by atoms with van der Waals surface area (Å²) in [4.78, 5) is 28.6. The zero-order chi connectivity index (χ0) is 22.6. The van der Waals surface area contributed by atoms with Crippen LogP contribution in [0.2, 0.25) is 0 Å². The maximum atomic E-state index is 12.6. The zero-order valence-corrected chi connectivity index (χ0v) is 19.9. The smallest absolute Gasteiger partial charge is 0.238 e. The van der Waals surface area contributed by atoms with Crippen LogP contribution in [-0.2, 0) is 9.59 Å². The number of anilines is 1. The molecule has 0 fully saturated rings. The Morgan fingerprint density at radius 1 is 1.03 bits per heavy atom. The fourth-order valence-electron chi connectivity index (χ4n) is 2.94. The van der Waals surface area contributed by atoms with E-state index in [2.05, 4.69) is 21.2 Å². The van der Waals surface area contributed by atoms with Crippen molar-refractivity contribution in [2.45, 2.75) is 13.3 Å². The zero-order valence-electron chi connectivity index (χ0n) is 18.3. The lowest BCUT2D eigenvalue weighted by Gasteiger charge is -2.24. The Kier molecular flexibility index (Phi) is 10.3. The van der Waals surface area contributed by atoms with Gasteiger partial charge in [-0.05, 0) is 49.4 Å². The Bertz CT molecular complexity index is 845. The fourth-order valence-corrected chi connectivity index (χ4v) is 3.20. The summed E-state index contributed by atoms with van der Waals surface area (Å²) >= 11 is 3.39. The second-order valence-electron chi connectivity index (χ2n) is 7.08. The van der Waals surface area contributed by atoms with Gasteiger partial charge in [-0.1, -0.05) is 35.0 Å². The van der Waals surface area contributed by atoms with Crippen LogP contribution in [0.1, 0.15) is 13.3 Å². The number of nitrogens with zero attached hydrogens (tertiary/aromatic N) is 2. The first-order chi connectivity index (χ1) is 14.9. The van der Waals surface area contributed by atoms with Gasteiger partial charge in [-0.2, -0.15) is 0 Å². The second-order valence-corrected chi connectivity index (χ2v) is 7.99. The quantitative estimate of drug-likeness (QED) is 0.490. The average molecular weight is 492 g/mol. The van der Waals surface area contributed by atoms with E-state index in [4.69, 9.17) is 9.47 Å². The normalized spacial score (nSPS) is 10.6. The highest BCUT2D eigenvalue weighted by atomic mass is 79.9. The van der Waals surface area contributed by atoms with Crippen LogP contribution in [0.3, 0.4) is 0 Å². The van der Waals surface area contributed by atoms with Gasteiger partial charge in [-0.15, -0.1) is 0 Å². The van der Waals surface area contributed by atoms with Gasteiger partial charge in [0.25, 0.3) is 0 Å². The highest BCUT2D eigenvalue weighted by Gasteiger charge is 2.17. The average Bonchev–Trinajstić information content (AvgIpc) is 2.75. The number of carbonyl (C=O) groups is 2. The molecule has 2 aromatic rings. The monoisotopic (exact) mass is 491 g/mol. The standard InChI is InChI=1S/C23H30BrN3O4/c1-4-13-27(16-22(28)25-20-7-5-6-8-21(20)30-3)17-23(29)26(2)14-15-31-19-11-9-18(24)10-12-19/h5-12H,4,13-17H2,1-3H3,(H,25,28). The van der Waals surface area contributed by atoms with E-state index in [0.717, 1.165) is 16.6 Å². The predicted octanol–water partition coefficient (Wildman–Crippen LogP) is 3.65. The summed E-state index contributed by atoms with van der Waals surface area (Å²) < 4.78 is 11.9. The topological polar surface area (TPSA) is 71.1 Å². The minimum absolute atomic E-state index is 0.0575. The molecule has 0 unspecified atom stereocenters. The van der Waals surface area contributed by atoms with Gasteiger partial charge in [0.05, 0.1) is 32.4 Å². The van der Waals surface area contributed by atoms with Gasteiger partial charge in [-0.3, -0.25) is 14.5 Å². The third-order valence-corrected chi connectivity index (χ3v) is 5.11. The molecule has 7 nitrogen and oxygen atoms in total. The summed E-state index contributed by atoms with van der Waals surface area (Å²) in [5.74, 6) is 1.11. The van der Waals surface area contributed by atoms with Gasteiger partial charge in [0.1, 0.15) is 18.1 Å².